The van der Waals surface area contributed by atoms with Crippen LogP contribution in [-0.4, -0.2) is 0 Å². The first kappa shape index (κ1) is 25.1. The molecule has 32 heavy (non-hydrogen) atoms. The van der Waals surface area contributed by atoms with E-state index in [1.54, 1.807) is 5.56 Å². The van der Waals surface area contributed by atoms with Crippen molar-refractivity contribution < 1.29 is 0 Å². The number of hydrogen-bond donors (Lipinski definition) is 0. The fourth-order valence-electron chi connectivity index (χ4n) is 5.78. The Balaban J connectivity index is 1.43. The van der Waals surface area contributed by atoms with Crippen molar-refractivity contribution in [2.45, 2.75) is 117 Å². The molecule has 0 spiro atoms. The molecule has 0 bridgehead atoms. The highest BCUT2D eigenvalue weighted by Gasteiger charge is 2.22. The summed E-state index contributed by atoms with van der Waals surface area (Å²) in [4.78, 5) is 0. The molecule has 0 heteroatoms. The van der Waals surface area contributed by atoms with E-state index in [4.69, 9.17) is 0 Å². The van der Waals surface area contributed by atoms with Crippen molar-refractivity contribution in [2.24, 2.45) is 11.8 Å². The van der Waals surface area contributed by atoms with Gasteiger partial charge in [0.05, 0.1) is 0 Å². The average Bonchev–Trinajstić information content (AvgIpc) is 2.82. The van der Waals surface area contributed by atoms with E-state index < -0.39 is 0 Å². The summed E-state index contributed by atoms with van der Waals surface area (Å²) in [5, 5.41) is 0. The molecule has 1 aliphatic rings. The summed E-state index contributed by atoms with van der Waals surface area (Å²) < 4.78 is 0. The maximum Gasteiger partial charge on any atom is -0.0162 e. The first-order valence-corrected chi connectivity index (χ1v) is 13.9. The van der Waals surface area contributed by atoms with Gasteiger partial charge in [0, 0.05) is 0 Å². The third-order valence-electron chi connectivity index (χ3n) is 7.85. The lowest BCUT2D eigenvalue weighted by Crippen LogP contribution is -2.13. The normalized spacial score (nSPS) is 19.7. The van der Waals surface area contributed by atoms with Gasteiger partial charge in [0.2, 0.25) is 0 Å². The van der Waals surface area contributed by atoms with E-state index in [0.29, 0.717) is 0 Å². The molecule has 1 aliphatic carbocycles. The van der Waals surface area contributed by atoms with Crippen LogP contribution in [0.5, 0.6) is 0 Å². The molecule has 3 rings (SSSR count). The molecular weight excluding hydrogens is 384 g/mol. The lowest BCUT2D eigenvalue weighted by Gasteiger charge is -2.29. The van der Waals surface area contributed by atoms with Gasteiger partial charge in [0.25, 0.3) is 0 Å². The van der Waals surface area contributed by atoms with E-state index in [0.717, 1.165) is 17.8 Å². The lowest BCUT2D eigenvalue weighted by atomic mass is 9.77. The molecule has 0 aromatic heterocycles. The van der Waals surface area contributed by atoms with Crippen LogP contribution in [0.2, 0.25) is 0 Å². The summed E-state index contributed by atoms with van der Waals surface area (Å²) >= 11 is 0. The molecule has 0 N–H and O–H groups in total. The fraction of sp³-hybridized carbons (Fsp3) is 0.625. The maximum atomic E-state index is 2.41. The molecule has 1 saturated carbocycles. The Kier molecular flexibility index (Phi) is 10.9. The lowest BCUT2D eigenvalue weighted by molar-refractivity contribution is 0.302. The van der Waals surface area contributed by atoms with E-state index >= 15 is 0 Å². The van der Waals surface area contributed by atoms with E-state index in [1.165, 1.54) is 107 Å². The van der Waals surface area contributed by atoms with Crippen LogP contribution < -0.4 is 0 Å². The zero-order chi connectivity index (χ0) is 22.6. The van der Waals surface area contributed by atoms with Crippen molar-refractivity contribution >= 4 is 0 Å². The highest BCUT2D eigenvalue weighted by Crippen LogP contribution is 2.38. The summed E-state index contributed by atoms with van der Waals surface area (Å²) in [6.07, 6.45) is 19.6. The molecule has 2 aromatic carbocycles. The first-order valence-electron chi connectivity index (χ1n) is 13.9. The monoisotopic (exact) mass is 432 g/mol. The van der Waals surface area contributed by atoms with Crippen LogP contribution in [0.4, 0.5) is 0 Å². The number of hydrogen-bond acceptors (Lipinski definition) is 0. The Morgan fingerprint density at radius 1 is 0.688 bits per heavy atom. The van der Waals surface area contributed by atoms with Gasteiger partial charge in [-0.15, -0.1) is 0 Å². The minimum atomic E-state index is 0.783. The predicted molar refractivity (Wildman–Crippen MR) is 142 cm³/mol. The molecule has 0 radical (unpaired) electrons. The SMILES string of the molecule is CCCCCCCCC1CCC(c2ccc(-c3ccc(CC(C)CCC)cc3)cc2)CC1. The Morgan fingerprint density at radius 2 is 1.28 bits per heavy atom. The predicted octanol–water partition coefficient (Wildman–Crippen LogP) is 10.4. The third kappa shape index (κ3) is 8.09. The minimum Gasteiger partial charge on any atom is -0.0654 e. The smallest absolute Gasteiger partial charge is 0.0162 e. The van der Waals surface area contributed by atoms with E-state index in [2.05, 4.69) is 69.3 Å². The van der Waals surface area contributed by atoms with Gasteiger partial charge in [0.1, 0.15) is 0 Å². The fourth-order valence-corrected chi connectivity index (χ4v) is 5.78. The molecule has 2 aromatic rings. The van der Waals surface area contributed by atoms with Crippen molar-refractivity contribution in [3.63, 3.8) is 0 Å². The first-order chi connectivity index (χ1) is 15.7. The van der Waals surface area contributed by atoms with Crippen LogP contribution in [0, 0.1) is 11.8 Å². The van der Waals surface area contributed by atoms with E-state index in [9.17, 15) is 0 Å². The zero-order valence-electron chi connectivity index (χ0n) is 21.3. The van der Waals surface area contributed by atoms with E-state index in [1.807, 2.05) is 0 Å². The molecule has 1 fully saturated rings. The minimum absolute atomic E-state index is 0.783. The average molecular weight is 433 g/mol. The Hall–Kier alpha value is -1.56. The van der Waals surface area contributed by atoms with Gasteiger partial charge >= 0.3 is 0 Å². The van der Waals surface area contributed by atoms with Gasteiger partial charge in [-0.3, -0.25) is 0 Å². The summed E-state index contributed by atoms with van der Waals surface area (Å²) in [5.74, 6) is 2.56. The molecule has 0 nitrogen and oxygen atoms in total. The standard InChI is InChI=1S/C32H48/c1-4-6-7-8-9-10-12-27-13-17-29(18-14-27)31-21-23-32(24-22-31)30-19-15-28(16-20-30)25-26(3)11-5-2/h15-16,19-24,26-27,29H,4-14,17-18,25H2,1-3H3. The number of rotatable bonds is 13. The van der Waals surface area contributed by atoms with Crippen LogP contribution in [0.3, 0.4) is 0 Å². The van der Waals surface area contributed by atoms with Crippen molar-refractivity contribution in [3.05, 3.63) is 59.7 Å². The van der Waals surface area contributed by atoms with Crippen molar-refractivity contribution in [1.82, 2.24) is 0 Å². The zero-order valence-corrected chi connectivity index (χ0v) is 21.3. The maximum absolute atomic E-state index is 2.41. The van der Waals surface area contributed by atoms with Gasteiger partial charge in [-0.25, -0.2) is 0 Å². The van der Waals surface area contributed by atoms with Crippen LogP contribution >= 0.6 is 0 Å². The Bertz CT molecular complexity index is 731. The second-order valence-corrected chi connectivity index (χ2v) is 10.7. The summed E-state index contributed by atoms with van der Waals surface area (Å²) in [6, 6.07) is 18.8. The molecular formula is C32H48. The second-order valence-electron chi connectivity index (χ2n) is 10.7. The molecule has 0 heterocycles. The Labute approximate surface area is 199 Å². The highest BCUT2D eigenvalue weighted by atomic mass is 14.3. The summed E-state index contributed by atoms with van der Waals surface area (Å²) in [6.45, 7) is 6.96. The van der Waals surface area contributed by atoms with Crippen LogP contribution in [0.25, 0.3) is 11.1 Å². The summed E-state index contributed by atoms with van der Waals surface area (Å²) in [5.41, 5.74) is 5.76. The van der Waals surface area contributed by atoms with Crippen LogP contribution in [-0.2, 0) is 6.42 Å². The van der Waals surface area contributed by atoms with E-state index in [-0.39, 0.29) is 0 Å². The van der Waals surface area contributed by atoms with Gasteiger partial charge in [0.15, 0.2) is 0 Å². The largest absolute Gasteiger partial charge is 0.0654 e. The second kappa shape index (κ2) is 13.9. The van der Waals surface area contributed by atoms with Gasteiger partial charge < -0.3 is 0 Å². The van der Waals surface area contributed by atoms with Crippen LogP contribution in [0.15, 0.2) is 48.5 Å². The van der Waals surface area contributed by atoms with Crippen LogP contribution in [0.1, 0.15) is 121 Å². The van der Waals surface area contributed by atoms with Gasteiger partial charge in [-0.05, 0) is 72.1 Å². The third-order valence-corrected chi connectivity index (χ3v) is 7.85. The van der Waals surface area contributed by atoms with Crippen molar-refractivity contribution in [1.29, 1.82) is 0 Å². The molecule has 0 aliphatic heterocycles. The van der Waals surface area contributed by atoms with Gasteiger partial charge in [-0.1, -0.05) is 127 Å². The van der Waals surface area contributed by atoms with Crippen molar-refractivity contribution in [3.8, 4) is 11.1 Å². The molecule has 1 atom stereocenters. The quantitative estimate of drug-likeness (QED) is 0.276. The van der Waals surface area contributed by atoms with Gasteiger partial charge in [-0.2, -0.15) is 0 Å². The molecule has 1 unspecified atom stereocenters. The highest BCUT2D eigenvalue weighted by molar-refractivity contribution is 5.64. The number of unbranched alkanes of at least 4 members (excludes halogenated alkanes) is 5. The number of benzene rings is 2. The molecule has 0 amide bonds. The molecule has 176 valence electrons. The Morgan fingerprint density at radius 3 is 1.91 bits per heavy atom. The topological polar surface area (TPSA) is 0 Å². The summed E-state index contributed by atoms with van der Waals surface area (Å²) in [7, 11) is 0. The van der Waals surface area contributed by atoms with Crippen molar-refractivity contribution in [2.75, 3.05) is 0 Å². The molecule has 0 saturated heterocycles.